The van der Waals surface area contributed by atoms with Crippen molar-refractivity contribution in [2.24, 2.45) is 0 Å². The normalized spacial score (nSPS) is 11.5. The number of sulfonamides is 1. The Morgan fingerprint density at radius 3 is 2.54 bits per heavy atom. The van der Waals surface area contributed by atoms with Crippen molar-refractivity contribution in [1.29, 1.82) is 0 Å². The van der Waals surface area contributed by atoms with Crippen LogP contribution in [0.25, 0.3) is 0 Å². The van der Waals surface area contributed by atoms with E-state index in [0.29, 0.717) is 10.7 Å². The van der Waals surface area contributed by atoms with Gasteiger partial charge < -0.3 is 4.90 Å². The van der Waals surface area contributed by atoms with Gasteiger partial charge in [-0.2, -0.15) is 0 Å². The first kappa shape index (κ1) is 18.9. The van der Waals surface area contributed by atoms with E-state index in [2.05, 4.69) is 4.72 Å². The van der Waals surface area contributed by atoms with E-state index in [4.69, 9.17) is 11.6 Å². The lowest BCUT2D eigenvalue weighted by atomic mass is 10.3. The molecule has 0 saturated heterocycles. The number of nitrogens with zero attached hydrogens (tertiary/aromatic N) is 1. The SMILES string of the molecule is CCc1ccc(S(=O)(=O)NCCN(C(C)=O)c2ccccc2Cl)s1. The summed E-state index contributed by atoms with van der Waals surface area (Å²) in [7, 11) is -3.57. The number of hydrogen-bond donors (Lipinski definition) is 1. The highest BCUT2D eigenvalue weighted by Crippen LogP contribution is 2.25. The molecular weight excluding hydrogens is 368 g/mol. The third-order valence-corrected chi connectivity index (χ3v) is 6.90. The Hall–Kier alpha value is -1.41. The molecule has 1 aromatic carbocycles. The molecular formula is C16H19ClN2O3S2. The lowest BCUT2D eigenvalue weighted by molar-refractivity contribution is -0.116. The molecule has 0 atom stereocenters. The number of rotatable bonds is 7. The van der Waals surface area contributed by atoms with E-state index in [9.17, 15) is 13.2 Å². The average molecular weight is 387 g/mol. The number of carbonyl (C=O) groups is 1. The number of hydrogen-bond acceptors (Lipinski definition) is 4. The summed E-state index contributed by atoms with van der Waals surface area (Å²) in [6, 6.07) is 10.4. The van der Waals surface area contributed by atoms with Crippen molar-refractivity contribution in [3.05, 3.63) is 46.3 Å². The lowest BCUT2D eigenvalue weighted by Gasteiger charge is -2.22. The summed E-state index contributed by atoms with van der Waals surface area (Å²) >= 11 is 7.37. The van der Waals surface area contributed by atoms with Crippen LogP contribution in [0.4, 0.5) is 5.69 Å². The van der Waals surface area contributed by atoms with Crippen LogP contribution in [0.3, 0.4) is 0 Å². The summed E-state index contributed by atoms with van der Waals surface area (Å²) in [6.45, 7) is 3.70. The molecule has 0 aliphatic rings. The first-order valence-corrected chi connectivity index (χ1v) is 10.1. The lowest BCUT2D eigenvalue weighted by Crippen LogP contribution is -2.37. The Labute approximate surface area is 151 Å². The van der Waals surface area contributed by atoms with Gasteiger partial charge in [-0.15, -0.1) is 11.3 Å². The fourth-order valence-corrected chi connectivity index (χ4v) is 4.77. The van der Waals surface area contributed by atoms with E-state index in [0.717, 1.165) is 11.3 Å². The Balaban J connectivity index is 2.05. The molecule has 8 heteroatoms. The van der Waals surface area contributed by atoms with Gasteiger partial charge in [0.25, 0.3) is 0 Å². The molecule has 0 bridgehead atoms. The van der Waals surface area contributed by atoms with Gasteiger partial charge in [0, 0.05) is 24.9 Å². The number of aryl methyl sites for hydroxylation is 1. The standard InChI is InChI=1S/C16H19ClN2O3S2/c1-3-13-8-9-16(23-13)24(21,22)18-10-11-19(12(2)20)15-7-5-4-6-14(15)17/h4-9,18H,3,10-11H2,1-2H3. The maximum absolute atomic E-state index is 12.3. The molecule has 1 aromatic heterocycles. The number of benzene rings is 1. The molecule has 1 heterocycles. The van der Waals surface area contributed by atoms with Crippen LogP contribution in [0.2, 0.25) is 5.02 Å². The molecule has 0 fully saturated rings. The number of halogens is 1. The summed E-state index contributed by atoms with van der Waals surface area (Å²) < 4.78 is 27.4. The van der Waals surface area contributed by atoms with Gasteiger partial charge in [-0.1, -0.05) is 30.7 Å². The molecule has 0 aliphatic carbocycles. The van der Waals surface area contributed by atoms with Crippen molar-refractivity contribution in [3.8, 4) is 0 Å². The third kappa shape index (κ3) is 4.57. The number of para-hydroxylation sites is 1. The monoisotopic (exact) mass is 386 g/mol. The zero-order valence-corrected chi connectivity index (χ0v) is 15.8. The minimum absolute atomic E-state index is 0.104. The molecule has 1 N–H and O–H groups in total. The average Bonchev–Trinajstić information content (AvgIpc) is 3.02. The zero-order valence-electron chi connectivity index (χ0n) is 13.5. The molecule has 2 rings (SSSR count). The molecule has 1 amide bonds. The van der Waals surface area contributed by atoms with Crippen LogP contribution >= 0.6 is 22.9 Å². The van der Waals surface area contributed by atoms with E-state index < -0.39 is 10.0 Å². The van der Waals surface area contributed by atoms with Gasteiger partial charge >= 0.3 is 0 Å². The highest BCUT2D eigenvalue weighted by Gasteiger charge is 2.18. The second-order valence-electron chi connectivity index (χ2n) is 5.09. The van der Waals surface area contributed by atoms with E-state index in [-0.39, 0.29) is 23.2 Å². The Morgan fingerprint density at radius 1 is 1.25 bits per heavy atom. The highest BCUT2D eigenvalue weighted by molar-refractivity contribution is 7.91. The Kier molecular flexibility index (Phi) is 6.40. The number of carbonyl (C=O) groups excluding carboxylic acids is 1. The Bertz CT molecular complexity index is 818. The molecule has 0 radical (unpaired) electrons. The summed E-state index contributed by atoms with van der Waals surface area (Å²) in [6.07, 6.45) is 0.796. The van der Waals surface area contributed by atoms with Crippen LogP contribution in [0.15, 0.2) is 40.6 Å². The smallest absolute Gasteiger partial charge is 0.250 e. The molecule has 5 nitrogen and oxygen atoms in total. The highest BCUT2D eigenvalue weighted by atomic mass is 35.5. The predicted molar refractivity (Wildman–Crippen MR) is 98.4 cm³/mol. The quantitative estimate of drug-likeness (QED) is 0.793. The number of nitrogens with one attached hydrogen (secondary N) is 1. The number of anilines is 1. The largest absolute Gasteiger partial charge is 0.310 e. The maximum Gasteiger partial charge on any atom is 0.250 e. The van der Waals surface area contributed by atoms with Crippen molar-refractivity contribution in [1.82, 2.24) is 4.72 Å². The molecule has 0 aliphatic heterocycles. The minimum Gasteiger partial charge on any atom is -0.310 e. The van der Waals surface area contributed by atoms with Crippen LogP contribution in [-0.4, -0.2) is 27.4 Å². The first-order valence-electron chi connectivity index (χ1n) is 7.46. The molecule has 0 spiro atoms. The predicted octanol–water partition coefficient (Wildman–Crippen LogP) is 3.30. The second kappa shape index (κ2) is 8.11. The first-order chi connectivity index (χ1) is 11.3. The van der Waals surface area contributed by atoms with Crippen LogP contribution in [0, 0.1) is 0 Å². The summed E-state index contributed by atoms with van der Waals surface area (Å²) in [5.41, 5.74) is 0.565. The van der Waals surface area contributed by atoms with Crippen molar-refractivity contribution >= 4 is 44.6 Å². The van der Waals surface area contributed by atoms with Gasteiger partial charge in [-0.3, -0.25) is 4.79 Å². The third-order valence-electron chi connectivity index (χ3n) is 3.40. The number of amides is 1. The van der Waals surface area contributed by atoms with E-state index in [1.807, 2.05) is 13.0 Å². The van der Waals surface area contributed by atoms with Gasteiger partial charge in [-0.05, 0) is 30.7 Å². The van der Waals surface area contributed by atoms with E-state index in [1.54, 1.807) is 30.3 Å². The molecule has 0 unspecified atom stereocenters. The summed E-state index contributed by atoms with van der Waals surface area (Å²) in [5, 5.41) is 0.446. The van der Waals surface area contributed by atoms with Gasteiger partial charge in [0.2, 0.25) is 15.9 Å². The van der Waals surface area contributed by atoms with Gasteiger partial charge in [0.15, 0.2) is 0 Å². The number of thiophene rings is 1. The summed E-state index contributed by atoms with van der Waals surface area (Å²) in [5.74, 6) is -0.202. The van der Waals surface area contributed by atoms with Gasteiger partial charge in [0.05, 0.1) is 10.7 Å². The molecule has 130 valence electrons. The fraction of sp³-hybridized carbons (Fsp3) is 0.312. The minimum atomic E-state index is -3.57. The van der Waals surface area contributed by atoms with E-state index >= 15 is 0 Å². The molecule has 2 aromatic rings. The van der Waals surface area contributed by atoms with Crippen LogP contribution in [0.5, 0.6) is 0 Å². The van der Waals surface area contributed by atoms with Crippen LogP contribution < -0.4 is 9.62 Å². The van der Waals surface area contributed by atoms with Crippen LogP contribution in [-0.2, 0) is 21.2 Å². The topological polar surface area (TPSA) is 66.5 Å². The van der Waals surface area contributed by atoms with E-state index in [1.165, 1.54) is 23.2 Å². The molecule has 24 heavy (non-hydrogen) atoms. The van der Waals surface area contributed by atoms with Crippen molar-refractivity contribution in [2.75, 3.05) is 18.0 Å². The van der Waals surface area contributed by atoms with Gasteiger partial charge in [0.1, 0.15) is 4.21 Å². The Morgan fingerprint density at radius 2 is 1.96 bits per heavy atom. The fourth-order valence-electron chi connectivity index (χ4n) is 2.17. The van der Waals surface area contributed by atoms with Crippen LogP contribution in [0.1, 0.15) is 18.7 Å². The van der Waals surface area contributed by atoms with Gasteiger partial charge in [-0.25, -0.2) is 13.1 Å². The second-order valence-corrected chi connectivity index (χ2v) is 8.66. The zero-order chi connectivity index (χ0) is 17.7. The van der Waals surface area contributed by atoms with Crippen molar-refractivity contribution in [2.45, 2.75) is 24.5 Å². The maximum atomic E-state index is 12.3. The van der Waals surface area contributed by atoms with Crippen molar-refractivity contribution < 1.29 is 13.2 Å². The molecule has 0 saturated carbocycles. The van der Waals surface area contributed by atoms with Crippen molar-refractivity contribution in [3.63, 3.8) is 0 Å². The summed E-state index contributed by atoms with van der Waals surface area (Å²) in [4.78, 5) is 14.3.